The van der Waals surface area contributed by atoms with Crippen molar-refractivity contribution in [3.05, 3.63) is 59.7 Å². The van der Waals surface area contributed by atoms with Crippen LogP contribution >= 0.6 is 0 Å². The molecule has 0 aromatic heterocycles. The Balaban J connectivity index is 1.76. The first kappa shape index (κ1) is 20.0. The third-order valence-corrected chi connectivity index (χ3v) is 6.59. The van der Waals surface area contributed by atoms with Crippen molar-refractivity contribution in [1.82, 2.24) is 9.21 Å². The molecule has 1 saturated heterocycles. The molecule has 28 heavy (non-hydrogen) atoms. The summed E-state index contributed by atoms with van der Waals surface area (Å²) in [5, 5.41) is 2.78. The molecular formula is C20H23N3O4S. The molecule has 1 N–H and O–H groups in total. The van der Waals surface area contributed by atoms with Crippen molar-refractivity contribution in [3.63, 3.8) is 0 Å². The maximum absolute atomic E-state index is 12.9. The number of piperazine rings is 1. The van der Waals surface area contributed by atoms with E-state index in [9.17, 15) is 18.0 Å². The van der Waals surface area contributed by atoms with Gasteiger partial charge in [-0.1, -0.05) is 18.2 Å². The normalized spacial score (nSPS) is 15.3. The van der Waals surface area contributed by atoms with Gasteiger partial charge < -0.3 is 10.2 Å². The van der Waals surface area contributed by atoms with Gasteiger partial charge in [0.05, 0.1) is 4.90 Å². The minimum absolute atomic E-state index is 0.0631. The zero-order valence-electron chi connectivity index (χ0n) is 15.9. The van der Waals surface area contributed by atoms with Gasteiger partial charge in [-0.05, 0) is 42.8 Å². The fourth-order valence-electron chi connectivity index (χ4n) is 3.12. The number of hydrogen-bond acceptors (Lipinski definition) is 4. The van der Waals surface area contributed by atoms with Gasteiger partial charge in [-0.3, -0.25) is 9.59 Å². The number of anilines is 1. The molecule has 3 rings (SSSR count). The zero-order valence-corrected chi connectivity index (χ0v) is 16.7. The number of rotatable bonds is 4. The van der Waals surface area contributed by atoms with E-state index >= 15 is 0 Å². The van der Waals surface area contributed by atoms with Crippen molar-refractivity contribution in [1.29, 1.82) is 0 Å². The SMILES string of the molecule is CC(=O)N1CCN(S(=O)(=O)c2cccc(C(=O)Nc3cccc(C)c3)c2)CC1. The van der Waals surface area contributed by atoms with Crippen molar-refractivity contribution in [3.8, 4) is 0 Å². The van der Waals surface area contributed by atoms with Crippen molar-refractivity contribution in [2.24, 2.45) is 0 Å². The number of carbonyl (C=O) groups is 2. The smallest absolute Gasteiger partial charge is 0.255 e. The van der Waals surface area contributed by atoms with E-state index in [-0.39, 0.29) is 35.4 Å². The first-order chi connectivity index (χ1) is 13.3. The number of sulfonamides is 1. The lowest BCUT2D eigenvalue weighted by molar-refractivity contribution is -0.129. The Hall–Kier alpha value is -2.71. The number of nitrogens with one attached hydrogen (secondary N) is 1. The van der Waals surface area contributed by atoms with Gasteiger partial charge in [0.1, 0.15) is 0 Å². The van der Waals surface area contributed by atoms with Gasteiger partial charge in [0, 0.05) is 44.4 Å². The second kappa shape index (κ2) is 8.12. The highest BCUT2D eigenvalue weighted by atomic mass is 32.2. The summed E-state index contributed by atoms with van der Waals surface area (Å²) in [5.74, 6) is -0.434. The van der Waals surface area contributed by atoms with E-state index in [1.807, 2.05) is 25.1 Å². The molecule has 1 fully saturated rings. The van der Waals surface area contributed by atoms with Crippen LogP contribution in [0.2, 0.25) is 0 Å². The Morgan fingerprint density at radius 1 is 0.964 bits per heavy atom. The van der Waals surface area contributed by atoms with Gasteiger partial charge in [0.2, 0.25) is 15.9 Å². The summed E-state index contributed by atoms with van der Waals surface area (Å²) >= 11 is 0. The maximum Gasteiger partial charge on any atom is 0.255 e. The molecule has 1 aliphatic rings. The molecule has 8 heteroatoms. The van der Waals surface area contributed by atoms with Gasteiger partial charge >= 0.3 is 0 Å². The standard InChI is InChI=1S/C20H23N3O4S/c1-15-5-3-7-18(13-15)21-20(25)17-6-4-8-19(14-17)28(26,27)23-11-9-22(10-12-23)16(2)24/h3-8,13-14H,9-12H2,1-2H3,(H,21,25). The molecule has 1 aliphatic heterocycles. The van der Waals surface area contributed by atoms with E-state index in [4.69, 9.17) is 0 Å². The van der Waals surface area contributed by atoms with Crippen molar-refractivity contribution < 1.29 is 18.0 Å². The van der Waals surface area contributed by atoms with Crippen LogP contribution in [0.25, 0.3) is 0 Å². The van der Waals surface area contributed by atoms with E-state index in [0.29, 0.717) is 18.8 Å². The van der Waals surface area contributed by atoms with Gasteiger partial charge in [-0.2, -0.15) is 4.31 Å². The third kappa shape index (κ3) is 4.40. The fraction of sp³-hybridized carbons (Fsp3) is 0.300. The van der Waals surface area contributed by atoms with Crippen LogP contribution in [0.1, 0.15) is 22.8 Å². The number of nitrogens with zero attached hydrogens (tertiary/aromatic N) is 2. The van der Waals surface area contributed by atoms with Crippen LogP contribution in [0.15, 0.2) is 53.4 Å². The topological polar surface area (TPSA) is 86.8 Å². The van der Waals surface area contributed by atoms with Gasteiger partial charge in [0.15, 0.2) is 0 Å². The highest BCUT2D eigenvalue weighted by Gasteiger charge is 2.29. The number of hydrogen-bond donors (Lipinski definition) is 1. The van der Waals surface area contributed by atoms with Gasteiger partial charge in [-0.25, -0.2) is 8.42 Å². The van der Waals surface area contributed by atoms with Crippen LogP contribution in [0.5, 0.6) is 0 Å². The Morgan fingerprint density at radius 3 is 2.29 bits per heavy atom. The minimum atomic E-state index is -3.73. The number of aryl methyl sites for hydroxylation is 1. The molecule has 0 bridgehead atoms. The molecule has 0 radical (unpaired) electrons. The molecule has 2 amide bonds. The van der Waals surface area contributed by atoms with Crippen LogP contribution in [0.4, 0.5) is 5.69 Å². The van der Waals surface area contributed by atoms with E-state index in [1.165, 1.54) is 23.4 Å². The Labute approximate surface area is 165 Å². The van der Waals surface area contributed by atoms with Crippen LogP contribution in [-0.4, -0.2) is 55.6 Å². The predicted octanol–water partition coefficient (Wildman–Crippen LogP) is 2.10. The second-order valence-corrected chi connectivity index (χ2v) is 8.70. The van der Waals surface area contributed by atoms with Crippen LogP contribution in [0.3, 0.4) is 0 Å². The molecule has 0 atom stereocenters. The summed E-state index contributed by atoms with van der Waals surface area (Å²) in [7, 11) is -3.73. The summed E-state index contributed by atoms with van der Waals surface area (Å²) in [5.41, 5.74) is 1.93. The predicted molar refractivity (Wildman–Crippen MR) is 107 cm³/mol. The molecule has 148 valence electrons. The molecule has 0 spiro atoms. The molecular weight excluding hydrogens is 378 g/mol. The van der Waals surface area contributed by atoms with E-state index < -0.39 is 10.0 Å². The summed E-state index contributed by atoms with van der Waals surface area (Å²) in [6.45, 7) is 4.60. The molecule has 2 aromatic rings. The van der Waals surface area contributed by atoms with E-state index in [0.717, 1.165) is 5.56 Å². The summed E-state index contributed by atoms with van der Waals surface area (Å²) in [4.78, 5) is 25.7. The number of carbonyl (C=O) groups excluding carboxylic acids is 2. The number of amides is 2. The average Bonchev–Trinajstić information content (AvgIpc) is 2.68. The highest BCUT2D eigenvalue weighted by Crippen LogP contribution is 2.20. The second-order valence-electron chi connectivity index (χ2n) is 6.76. The molecule has 0 saturated carbocycles. The molecule has 2 aromatic carbocycles. The van der Waals surface area contributed by atoms with E-state index in [2.05, 4.69) is 5.32 Å². The fourth-order valence-corrected chi connectivity index (χ4v) is 4.58. The monoisotopic (exact) mass is 401 g/mol. The summed E-state index contributed by atoms with van der Waals surface area (Å²) in [6.07, 6.45) is 0. The lowest BCUT2D eigenvalue weighted by Gasteiger charge is -2.33. The first-order valence-electron chi connectivity index (χ1n) is 9.01. The highest BCUT2D eigenvalue weighted by molar-refractivity contribution is 7.89. The molecule has 7 nitrogen and oxygen atoms in total. The van der Waals surface area contributed by atoms with Crippen molar-refractivity contribution >= 4 is 27.5 Å². The number of benzene rings is 2. The van der Waals surface area contributed by atoms with Crippen molar-refractivity contribution in [2.45, 2.75) is 18.7 Å². The maximum atomic E-state index is 12.9. The molecule has 0 aliphatic carbocycles. The average molecular weight is 401 g/mol. The van der Waals surface area contributed by atoms with Crippen LogP contribution in [0, 0.1) is 6.92 Å². The molecule has 1 heterocycles. The van der Waals surface area contributed by atoms with Crippen molar-refractivity contribution in [2.75, 3.05) is 31.5 Å². The first-order valence-corrected chi connectivity index (χ1v) is 10.4. The zero-order chi connectivity index (χ0) is 20.3. The lowest BCUT2D eigenvalue weighted by Crippen LogP contribution is -2.49. The lowest BCUT2D eigenvalue weighted by atomic mass is 10.2. The van der Waals surface area contributed by atoms with Gasteiger partial charge in [-0.15, -0.1) is 0 Å². The third-order valence-electron chi connectivity index (χ3n) is 4.69. The Kier molecular flexibility index (Phi) is 5.81. The Bertz CT molecular complexity index is 996. The minimum Gasteiger partial charge on any atom is -0.340 e. The van der Waals surface area contributed by atoms with Crippen LogP contribution in [-0.2, 0) is 14.8 Å². The molecule has 0 unspecified atom stereocenters. The summed E-state index contributed by atoms with van der Waals surface area (Å²) < 4.78 is 27.2. The van der Waals surface area contributed by atoms with Crippen LogP contribution < -0.4 is 5.32 Å². The Morgan fingerprint density at radius 2 is 1.64 bits per heavy atom. The largest absolute Gasteiger partial charge is 0.340 e. The van der Waals surface area contributed by atoms with Gasteiger partial charge in [0.25, 0.3) is 5.91 Å². The quantitative estimate of drug-likeness (QED) is 0.850. The van der Waals surface area contributed by atoms with E-state index in [1.54, 1.807) is 23.1 Å². The summed E-state index contributed by atoms with van der Waals surface area (Å²) in [6, 6.07) is 13.4.